The van der Waals surface area contributed by atoms with Gasteiger partial charge in [0.25, 0.3) is 10.1 Å². The standard InChI is InChI=1S/C25H28N2O7S2.Na/c1-4-26-19-11-7-17(8-12-19)25(18-9-13-20(14-10-18)27(5-2)6-3)21-15-22(28)24(36(32,33)34)16-23(21)35(29,30)31;/h7-16,28H,4-6H2,1-3H3,(H,29,30,31)(H,32,33,34);/q;+1/p-2. The van der Waals surface area contributed by atoms with E-state index in [1.54, 1.807) is 36.4 Å². The minimum absolute atomic E-state index is 0. The third kappa shape index (κ3) is 7.20. The fourth-order valence-corrected chi connectivity index (χ4v) is 5.31. The van der Waals surface area contributed by atoms with Crippen LogP contribution in [0.15, 0.2) is 81.1 Å². The van der Waals surface area contributed by atoms with E-state index in [1.807, 2.05) is 32.9 Å². The van der Waals surface area contributed by atoms with Crippen LogP contribution in [0.4, 0.5) is 5.69 Å². The molecule has 0 spiro atoms. The van der Waals surface area contributed by atoms with Crippen molar-refractivity contribution in [3.8, 4) is 5.75 Å². The van der Waals surface area contributed by atoms with Gasteiger partial charge in [0.1, 0.15) is 10.1 Å². The maximum atomic E-state index is 12.6. The van der Waals surface area contributed by atoms with Gasteiger partial charge in [-0.05, 0) is 73.4 Å². The smallest absolute Gasteiger partial charge is 0.872 e. The molecule has 0 amide bonds. The van der Waals surface area contributed by atoms with Crippen molar-refractivity contribution in [3.63, 3.8) is 0 Å². The predicted molar refractivity (Wildman–Crippen MR) is 136 cm³/mol. The molecule has 3 rings (SSSR count). The van der Waals surface area contributed by atoms with Gasteiger partial charge in [0.15, 0.2) is 0 Å². The number of anilines is 1. The van der Waals surface area contributed by atoms with Crippen LogP contribution < -0.4 is 39.6 Å². The predicted octanol–water partition coefficient (Wildman–Crippen LogP) is 0.150. The first-order valence-corrected chi connectivity index (χ1v) is 14.0. The van der Waals surface area contributed by atoms with E-state index in [9.17, 15) is 31.0 Å². The van der Waals surface area contributed by atoms with E-state index in [4.69, 9.17) is 0 Å². The Balaban J connectivity index is 0.00000481. The first kappa shape index (κ1) is 31.0. The van der Waals surface area contributed by atoms with E-state index >= 15 is 0 Å². The molecular formula is C25H26N2NaO7S2-. The molecule has 0 saturated carbocycles. The van der Waals surface area contributed by atoms with E-state index in [0.29, 0.717) is 29.5 Å². The molecule has 0 aromatic heterocycles. The first-order valence-electron chi connectivity index (χ1n) is 11.2. The Morgan fingerprint density at radius 2 is 1.49 bits per heavy atom. The summed E-state index contributed by atoms with van der Waals surface area (Å²) >= 11 is 0. The van der Waals surface area contributed by atoms with Crippen LogP contribution in [0.2, 0.25) is 0 Å². The summed E-state index contributed by atoms with van der Waals surface area (Å²) in [6.45, 7) is 7.98. The van der Waals surface area contributed by atoms with Gasteiger partial charge < -0.3 is 14.6 Å². The van der Waals surface area contributed by atoms with Crippen LogP contribution >= 0.6 is 0 Å². The van der Waals surface area contributed by atoms with Crippen LogP contribution in [0.5, 0.6) is 5.75 Å². The molecule has 2 aromatic rings. The molecule has 0 fully saturated rings. The summed E-state index contributed by atoms with van der Waals surface area (Å²) in [6, 6.07) is 8.30. The van der Waals surface area contributed by atoms with Gasteiger partial charge in [-0.3, -0.25) is 9.55 Å². The van der Waals surface area contributed by atoms with Crippen molar-refractivity contribution < 1.29 is 60.6 Å². The summed E-state index contributed by atoms with van der Waals surface area (Å²) in [5.74, 6) is -1.14. The van der Waals surface area contributed by atoms with Gasteiger partial charge in [-0.2, -0.15) is 8.42 Å². The van der Waals surface area contributed by atoms with E-state index < -0.39 is 35.8 Å². The molecule has 2 aromatic carbocycles. The van der Waals surface area contributed by atoms with Gasteiger partial charge >= 0.3 is 29.6 Å². The number of rotatable bonds is 8. The molecule has 0 unspecified atom stereocenters. The third-order valence-electron chi connectivity index (χ3n) is 5.64. The van der Waals surface area contributed by atoms with Crippen molar-refractivity contribution in [2.24, 2.45) is 4.99 Å². The van der Waals surface area contributed by atoms with Gasteiger partial charge in [-0.1, -0.05) is 36.1 Å². The zero-order valence-electron chi connectivity index (χ0n) is 21.0. The fourth-order valence-electron chi connectivity index (χ4n) is 3.97. The summed E-state index contributed by atoms with van der Waals surface area (Å²) in [4.78, 5) is 4.30. The summed E-state index contributed by atoms with van der Waals surface area (Å²) in [5, 5.41) is 12.6. The zero-order valence-corrected chi connectivity index (χ0v) is 24.6. The Hall–Kier alpha value is -2.25. The normalized spacial score (nSPS) is 13.3. The third-order valence-corrected chi connectivity index (χ3v) is 7.40. The molecule has 0 bridgehead atoms. The molecule has 0 aliphatic heterocycles. The summed E-state index contributed by atoms with van der Waals surface area (Å²) < 4.78 is 69.3. The molecule has 1 aliphatic rings. The van der Waals surface area contributed by atoms with Crippen molar-refractivity contribution >= 4 is 37.2 Å². The molecular weight excluding hydrogens is 527 g/mol. The maximum absolute atomic E-state index is 12.6. The van der Waals surface area contributed by atoms with Gasteiger partial charge in [-0.15, -0.1) is 0 Å². The SMILES string of the molecule is CCN=C1C=CC(=C(c2ccc(N(CC)CC)cc2)c2cc([O-])c(S(=O)(=O)O)cc2S(=O)(=O)[O-])C=C1.[Na+]. The molecule has 0 heterocycles. The number of hydrogen-bond acceptors (Lipinski definition) is 8. The van der Waals surface area contributed by atoms with Crippen LogP contribution in [0.1, 0.15) is 31.9 Å². The Morgan fingerprint density at radius 1 is 0.919 bits per heavy atom. The Morgan fingerprint density at radius 3 is 1.95 bits per heavy atom. The largest absolute Gasteiger partial charge is 1.00 e. The fraction of sp³-hybridized carbons (Fsp3) is 0.240. The number of aliphatic imine (C=N–C) groups is 1. The number of benzene rings is 2. The van der Waals surface area contributed by atoms with E-state index in [2.05, 4.69) is 9.89 Å². The quantitative estimate of drug-likeness (QED) is 0.359. The molecule has 1 aliphatic carbocycles. The van der Waals surface area contributed by atoms with Crippen molar-refractivity contribution in [1.82, 2.24) is 0 Å². The maximum Gasteiger partial charge on any atom is 1.00 e. The van der Waals surface area contributed by atoms with Crippen LogP contribution in [0, 0.1) is 0 Å². The molecule has 0 radical (unpaired) electrons. The number of hydrogen-bond donors (Lipinski definition) is 1. The summed E-state index contributed by atoms with van der Waals surface area (Å²) in [7, 11) is -10.3. The number of nitrogens with zero attached hydrogens (tertiary/aromatic N) is 2. The van der Waals surface area contributed by atoms with E-state index in [-0.39, 0.29) is 40.7 Å². The second-order valence-electron chi connectivity index (χ2n) is 7.84. The van der Waals surface area contributed by atoms with Gasteiger partial charge in [0.2, 0.25) is 0 Å². The van der Waals surface area contributed by atoms with E-state index in [0.717, 1.165) is 24.8 Å². The van der Waals surface area contributed by atoms with Crippen molar-refractivity contribution in [1.29, 1.82) is 0 Å². The Bertz CT molecular complexity index is 1470. The average molecular weight is 554 g/mol. The average Bonchev–Trinajstić information content (AvgIpc) is 2.81. The minimum atomic E-state index is -5.25. The second-order valence-corrected chi connectivity index (χ2v) is 10.6. The number of allylic oxidation sites excluding steroid dienone is 5. The molecule has 1 N–H and O–H groups in total. The van der Waals surface area contributed by atoms with Crippen molar-refractivity contribution in [2.45, 2.75) is 30.6 Å². The van der Waals surface area contributed by atoms with E-state index in [1.165, 1.54) is 0 Å². The molecule has 0 atom stereocenters. The van der Waals surface area contributed by atoms with Crippen LogP contribution in [0.3, 0.4) is 0 Å². The Labute approximate surface area is 239 Å². The second kappa shape index (κ2) is 12.5. The van der Waals surface area contributed by atoms with Crippen LogP contribution in [-0.2, 0) is 20.2 Å². The summed E-state index contributed by atoms with van der Waals surface area (Å²) in [5.41, 5.74) is 2.54. The van der Waals surface area contributed by atoms with Gasteiger partial charge in [0.05, 0.1) is 15.5 Å². The summed E-state index contributed by atoms with van der Waals surface area (Å²) in [6.07, 6.45) is 6.76. The minimum Gasteiger partial charge on any atom is -0.872 e. The van der Waals surface area contributed by atoms with Crippen molar-refractivity contribution in [2.75, 3.05) is 24.5 Å². The van der Waals surface area contributed by atoms with Crippen LogP contribution in [0.25, 0.3) is 5.57 Å². The van der Waals surface area contributed by atoms with Crippen LogP contribution in [-0.4, -0.2) is 51.3 Å². The van der Waals surface area contributed by atoms with Gasteiger partial charge in [-0.25, -0.2) is 8.42 Å². The zero-order chi connectivity index (χ0) is 26.7. The molecule has 0 saturated heterocycles. The molecule has 37 heavy (non-hydrogen) atoms. The Kier molecular flexibility index (Phi) is 10.5. The molecule has 192 valence electrons. The molecule has 9 nitrogen and oxygen atoms in total. The monoisotopic (exact) mass is 553 g/mol. The first-order chi connectivity index (χ1) is 16.9. The topological polar surface area (TPSA) is 150 Å². The molecule has 12 heteroatoms. The van der Waals surface area contributed by atoms with Gasteiger partial charge in [0, 0.05) is 25.3 Å². The van der Waals surface area contributed by atoms with Crippen molar-refractivity contribution in [3.05, 3.63) is 77.4 Å².